The molecule has 1 saturated heterocycles. The first kappa shape index (κ1) is 21.0. The smallest absolute Gasteiger partial charge is 0.279 e. The molecular formula is C20H25BrN3O3S+. The molecule has 0 radical (unpaired) electrons. The summed E-state index contributed by atoms with van der Waals surface area (Å²) >= 11 is 3.37. The van der Waals surface area contributed by atoms with Gasteiger partial charge < -0.3 is 10.2 Å². The maximum absolute atomic E-state index is 13.0. The summed E-state index contributed by atoms with van der Waals surface area (Å²) in [5, 5.41) is 2.88. The maximum atomic E-state index is 13.0. The van der Waals surface area contributed by atoms with Gasteiger partial charge in [-0.1, -0.05) is 33.6 Å². The average Bonchev–Trinajstić information content (AvgIpc) is 2.64. The standard InChI is InChI=1S/C20H24BrN3O3S/c1-15-3-8-19(16(2)13-15)28(26,27)24-11-9-23(10-12-24)14-20(25)22-18-6-4-17(21)5-7-18/h3-8,13H,9-12,14H2,1-2H3,(H,22,25)/p+1. The van der Waals surface area contributed by atoms with Gasteiger partial charge in [0.2, 0.25) is 10.0 Å². The minimum atomic E-state index is -3.50. The van der Waals surface area contributed by atoms with Gasteiger partial charge >= 0.3 is 0 Å². The number of anilines is 1. The van der Waals surface area contributed by atoms with Crippen molar-refractivity contribution in [3.05, 3.63) is 58.1 Å². The Kier molecular flexibility index (Phi) is 6.54. The van der Waals surface area contributed by atoms with E-state index >= 15 is 0 Å². The number of piperazine rings is 1. The van der Waals surface area contributed by atoms with Gasteiger partial charge in [-0.05, 0) is 49.7 Å². The predicted molar refractivity (Wildman–Crippen MR) is 113 cm³/mol. The monoisotopic (exact) mass is 466 g/mol. The Balaban J connectivity index is 1.56. The fourth-order valence-corrected chi connectivity index (χ4v) is 5.32. The van der Waals surface area contributed by atoms with Gasteiger partial charge in [-0.25, -0.2) is 8.42 Å². The third kappa shape index (κ3) is 5.00. The van der Waals surface area contributed by atoms with Crippen molar-refractivity contribution in [1.29, 1.82) is 0 Å². The third-order valence-corrected chi connectivity index (χ3v) is 7.50. The number of carbonyl (C=O) groups excluding carboxylic acids is 1. The lowest BCUT2D eigenvalue weighted by Gasteiger charge is -2.31. The molecule has 1 aliphatic rings. The highest BCUT2D eigenvalue weighted by molar-refractivity contribution is 9.10. The molecule has 1 aliphatic heterocycles. The van der Waals surface area contributed by atoms with Gasteiger partial charge in [0, 0.05) is 10.2 Å². The first-order chi connectivity index (χ1) is 13.3. The summed E-state index contributed by atoms with van der Waals surface area (Å²) < 4.78 is 28.4. The zero-order chi connectivity index (χ0) is 20.3. The highest BCUT2D eigenvalue weighted by atomic mass is 79.9. The van der Waals surface area contributed by atoms with Crippen LogP contribution in [-0.4, -0.2) is 51.4 Å². The number of carbonyl (C=O) groups is 1. The van der Waals surface area contributed by atoms with Crippen molar-refractivity contribution in [1.82, 2.24) is 4.31 Å². The van der Waals surface area contributed by atoms with Crippen molar-refractivity contribution in [2.75, 3.05) is 38.0 Å². The number of amides is 1. The zero-order valence-corrected chi connectivity index (χ0v) is 18.4. The summed E-state index contributed by atoms with van der Waals surface area (Å²) in [6.07, 6.45) is 0. The summed E-state index contributed by atoms with van der Waals surface area (Å²) in [6.45, 7) is 6.15. The largest absolute Gasteiger partial charge is 0.325 e. The summed E-state index contributed by atoms with van der Waals surface area (Å²) in [4.78, 5) is 13.7. The molecule has 1 amide bonds. The van der Waals surface area contributed by atoms with E-state index in [1.54, 1.807) is 6.07 Å². The molecule has 1 fully saturated rings. The molecular weight excluding hydrogens is 442 g/mol. The van der Waals surface area contributed by atoms with E-state index in [1.807, 2.05) is 50.2 Å². The Hall–Kier alpha value is -1.74. The molecule has 2 aromatic rings. The summed E-state index contributed by atoms with van der Waals surface area (Å²) in [5.41, 5.74) is 2.56. The van der Waals surface area contributed by atoms with E-state index in [4.69, 9.17) is 0 Å². The third-order valence-electron chi connectivity index (χ3n) is 4.92. The molecule has 0 saturated carbocycles. The van der Waals surface area contributed by atoms with E-state index in [2.05, 4.69) is 21.2 Å². The van der Waals surface area contributed by atoms with Crippen LogP contribution < -0.4 is 10.2 Å². The molecule has 0 aliphatic carbocycles. The molecule has 0 unspecified atom stereocenters. The van der Waals surface area contributed by atoms with Crippen LogP contribution in [0.15, 0.2) is 51.8 Å². The van der Waals surface area contributed by atoms with E-state index in [0.717, 1.165) is 26.2 Å². The number of rotatable bonds is 5. The van der Waals surface area contributed by atoms with Gasteiger partial charge in [-0.3, -0.25) is 4.79 Å². The number of nitrogens with zero attached hydrogens (tertiary/aromatic N) is 1. The van der Waals surface area contributed by atoms with Crippen molar-refractivity contribution in [3.8, 4) is 0 Å². The second-order valence-electron chi connectivity index (χ2n) is 7.15. The molecule has 0 atom stereocenters. The van der Waals surface area contributed by atoms with E-state index in [1.165, 1.54) is 4.31 Å². The number of quaternary nitrogens is 1. The number of benzene rings is 2. The quantitative estimate of drug-likeness (QED) is 0.702. The summed E-state index contributed by atoms with van der Waals surface area (Å²) in [7, 11) is -3.50. The molecule has 2 N–H and O–H groups in total. The van der Waals surface area contributed by atoms with Crippen LogP contribution in [0, 0.1) is 13.8 Å². The SMILES string of the molecule is Cc1ccc(S(=O)(=O)N2CC[NH+](CC(=O)Nc3ccc(Br)cc3)CC2)c(C)c1. The van der Waals surface area contributed by atoms with Crippen LogP contribution in [0.1, 0.15) is 11.1 Å². The fraction of sp³-hybridized carbons (Fsp3) is 0.350. The lowest BCUT2D eigenvalue weighted by Crippen LogP contribution is -3.15. The second kappa shape index (κ2) is 8.73. The first-order valence-electron chi connectivity index (χ1n) is 9.22. The number of hydrogen-bond acceptors (Lipinski definition) is 3. The minimum absolute atomic E-state index is 0.0667. The van der Waals surface area contributed by atoms with Gasteiger partial charge in [0.15, 0.2) is 6.54 Å². The molecule has 8 heteroatoms. The predicted octanol–water partition coefficient (Wildman–Crippen LogP) is 1.59. The van der Waals surface area contributed by atoms with Gasteiger partial charge in [0.25, 0.3) is 5.91 Å². The van der Waals surface area contributed by atoms with Crippen molar-refractivity contribution in [2.45, 2.75) is 18.7 Å². The van der Waals surface area contributed by atoms with Crippen LogP contribution in [0.4, 0.5) is 5.69 Å². The average molecular weight is 467 g/mol. The number of hydrogen-bond donors (Lipinski definition) is 2. The second-order valence-corrected chi connectivity index (χ2v) is 9.98. The Morgan fingerprint density at radius 1 is 1.11 bits per heavy atom. The molecule has 1 heterocycles. The van der Waals surface area contributed by atoms with Gasteiger partial charge in [0.1, 0.15) is 0 Å². The van der Waals surface area contributed by atoms with E-state index in [0.29, 0.717) is 37.6 Å². The van der Waals surface area contributed by atoms with Gasteiger partial charge in [-0.2, -0.15) is 4.31 Å². The lowest BCUT2D eigenvalue weighted by atomic mass is 10.2. The summed E-state index contributed by atoms with van der Waals surface area (Å²) in [5.74, 6) is -0.0667. The highest BCUT2D eigenvalue weighted by Crippen LogP contribution is 2.21. The normalized spacial score (nSPS) is 16.1. The van der Waals surface area contributed by atoms with Crippen molar-refractivity contribution in [2.24, 2.45) is 0 Å². The lowest BCUT2D eigenvalue weighted by molar-refractivity contribution is -0.895. The summed E-state index contributed by atoms with van der Waals surface area (Å²) in [6, 6.07) is 12.8. The maximum Gasteiger partial charge on any atom is 0.279 e. The van der Waals surface area contributed by atoms with Crippen LogP contribution in [0.5, 0.6) is 0 Å². The molecule has 0 aromatic heterocycles. The Bertz CT molecular complexity index is 953. The molecule has 2 aromatic carbocycles. The van der Waals surface area contributed by atoms with Crippen LogP contribution in [0.25, 0.3) is 0 Å². The van der Waals surface area contributed by atoms with E-state index < -0.39 is 10.0 Å². The number of sulfonamides is 1. The Morgan fingerprint density at radius 3 is 2.36 bits per heavy atom. The highest BCUT2D eigenvalue weighted by Gasteiger charge is 2.31. The Morgan fingerprint density at radius 2 is 1.75 bits per heavy atom. The van der Waals surface area contributed by atoms with Crippen LogP contribution in [0.2, 0.25) is 0 Å². The molecule has 3 rings (SSSR count). The minimum Gasteiger partial charge on any atom is -0.325 e. The van der Waals surface area contributed by atoms with E-state index in [-0.39, 0.29) is 5.91 Å². The number of aryl methyl sites for hydroxylation is 2. The number of halogens is 1. The topological polar surface area (TPSA) is 70.9 Å². The van der Waals surface area contributed by atoms with Gasteiger partial charge in [0.05, 0.1) is 31.1 Å². The van der Waals surface area contributed by atoms with Crippen molar-refractivity contribution < 1.29 is 18.1 Å². The van der Waals surface area contributed by atoms with Crippen LogP contribution in [-0.2, 0) is 14.8 Å². The van der Waals surface area contributed by atoms with Crippen molar-refractivity contribution in [3.63, 3.8) is 0 Å². The number of nitrogens with one attached hydrogen (secondary N) is 2. The van der Waals surface area contributed by atoms with Crippen LogP contribution in [0.3, 0.4) is 0 Å². The molecule has 150 valence electrons. The van der Waals surface area contributed by atoms with E-state index in [9.17, 15) is 13.2 Å². The fourth-order valence-electron chi connectivity index (χ4n) is 3.41. The van der Waals surface area contributed by atoms with Gasteiger partial charge in [-0.15, -0.1) is 0 Å². The molecule has 0 bridgehead atoms. The molecule has 6 nitrogen and oxygen atoms in total. The molecule has 28 heavy (non-hydrogen) atoms. The molecule has 0 spiro atoms. The zero-order valence-electron chi connectivity index (χ0n) is 16.0. The van der Waals surface area contributed by atoms with Crippen molar-refractivity contribution >= 4 is 37.5 Å². The first-order valence-corrected chi connectivity index (χ1v) is 11.5. The van der Waals surface area contributed by atoms with Crippen LogP contribution >= 0.6 is 15.9 Å². The Labute approximate surface area is 174 Å².